The first-order valence-electron chi connectivity index (χ1n) is 8.83. The number of amides is 1. The Kier molecular flexibility index (Phi) is 5.14. The topological polar surface area (TPSA) is 59.3 Å². The van der Waals surface area contributed by atoms with Crippen LogP contribution in [0.4, 0.5) is 5.69 Å². The molecule has 29 heavy (non-hydrogen) atoms. The van der Waals surface area contributed by atoms with Crippen LogP contribution in [0, 0.1) is 6.92 Å². The van der Waals surface area contributed by atoms with Gasteiger partial charge in [-0.2, -0.15) is 0 Å². The number of hydrogen-bond donors (Lipinski definition) is 1. The normalized spacial score (nSPS) is 10.9. The van der Waals surface area contributed by atoms with Crippen LogP contribution in [-0.4, -0.2) is 11.7 Å². The highest BCUT2D eigenvalue weighted by Crippen LogP contribution is 2.33. The van der Waals surface area contributed by atoms with Crippen LogP contribution in [0.1, 0.15) is 32.0 Å². The largest absolute Gasteiger partial charge is 0.450 e. The summed E-state index contributed by atoms with van der Waals surface area (Å²) in [5.41, 5.74) is 2.56. The molecular weight excluding hydrogens is 409 g/mol. The molecule has 4 rings (SSSR count). The Bertz CT molecular complexity index is 1240. The van der Waals surface area contributed by atoms with Gasteiger partial charge in [0.25, 0.3) is 5.91 Å². The van der Waals surface area contributed by atoms with Crippen molar-refractivity contribution in [3.8, 4) is 0 Å². The molecule has 1 N–H and O–H groups in total. The summed E-state index contributed by atoms with van der Waals surface area (Å²) in [7, 11) is 0. The van der Waals surface area contributed by atoms with E-state index in [2.05, 4.69) is 5.32 Å². The monoisotopic (exact) mass is 423 g/mol. The summed E-state index contributed by atoms with van der Waals surface area (Å²) in [5, 5.41) is 4.06. The first-order valence-corrected chi connectivity index (χ1v) is 9.59. The lowest BCUT2D eigenvalue weighted by molar-refractivity contribution is 0.101. The zero-order valence-electron chi connectivity index (χ0n) is 15.3. The molecule has 3 aromatic carbocycles. The van der Waals surface area contributed by atoms with Crippen molar-refractivity contribution >= 4 is 51.5 Å². The molecule has 144 valence electrons. The number of halogens is 2. The number of furan rings is 1. The third-order valence-corrected chi connectivity index (χ3v) is 5.08. The first-order chi connectivity index (χ1) is 13.9. The number of benzene rings is 3. The summed E-state index contributed by atoms with van der Waals surface area (Å²) in [6.07, 6.45) is 0. The number of ketones is 1. The van der Waals surface area contributed by atoms with Gasteiger partial charge in [-0.3, -0.25) is 9.59 Å². The molecule has 0 fully saturated rings. The molecule has 6 heteroatoms. The zero-order chi connectivity index (χ0) is 20.5. The third kappa shape index (κ3) is 3.77. The molecule has 0 aliphatic rings. The van der Waals surface area contributed by atoms with E-state index in [1.54, 1.807) is 36.4 Å². The predicted molar refractivity (Wildman–Crippen MR) is 115 cm³/mol. The third-order valence-electron chi connectivity index (χ3n) is 4.53. The van der Waals surface area contributed by atoms with Gasteiger partial charge in [-0.15, -0.1) is 0 Å². The van der Waals surface area contributed by atoms with Crippen molar-refractivity contribution in [2.45, 2.75) is 6.92 Å². The van der Waals surface area contributed by atoms with Crippen LogP contribution in [0.15, 0.2) is 71.1 Å². The Labute approximate surface area is 177 Å². The van der Waals surface area contributed by atoms with Gasteiger partial charge in [-0.05, 0) is 37.3 Å². The lowest BCUT2D eigenvalue weighted by Crippen LogP contribution is -2.14. The predicted octanol–water partition coefficient (Wildman–Crippen LogP) is 6.53. The van der Waals surface area contributed by atoms with Crippen molar-refractivity contribution in [2.75, 3.05) is 5.32 Å². The van der Waals surface area contributed by atoms with Gasteiger partial charge in [0.2, 0.25) is 5.78 Å². The minimum Gasteiger partial charge on any atom is -0.450 e. The average molecular weight is 424 g/mol. The summed E-state index contributed by atoms with van der Waals surface area (Å²) in [5.74, 6) is -0.719. The molecule has 0 spiro atoms. The molecule has 0 saturated carbocycles. The number of rotatable bonds is 4. The number of carbonyl (C=O) groups excluding carboxylic acids is 2. The second-order valence-electron chi connectivity index (χ2n) is 6.58. The molecule has 0 radical (unpaired) electrons. The van der Waals surface area contributed by atoms with Crippen molar-refractivity contribution in [1.29, 1.82) is 0 Å². The molecule has 0 aliphatic heterocycles. The minimum atomic E-state index is -0.462. The molecule has 0 bridgehead atoms. The van der Waals surface area contributed by atoms with Crippen LogP contribution in [0.5, 0.6) is 0 Å². The maximum atomic E-state index is 13.1. The second kappa shape index (κ2) is 7.74. The van der Waals surface area contributed by atoms with E-state index in [9.17, 15) is 9.59 Å². The van der Waals surface area contributed by atoms with E-state index in [4.69, 9.17) is 27.6 Å². The number of hydrogen-bond acceptors (Lipinski definition) is 3. The van der Waals surface area contributed by atoms with Crippen molar-refractivity contribution in [3.05, 3.63) is 99.2 Å². The lowest BCUT2D eigenvalue weighted by atomic mass is 10.1. The Hall–Kier alpha value is -3.08. The van der Waals surface area contributed by atoms with Gasteiger partial charge in [0.05, 0.1) is 16.3 Å². The smallest absolute Gasteiger partial charge is 0.257 e. The summed E-state index contributed by atoms with van der Waals surface area (Å²) < 4.78 is 5.81. The highest BCUT2D eigenvalue weighted by atomic mass is 35.5. The summed E-state index contributed by atoms with van der Waals surface area (Å²) >= 11 is 12.1. The number of nitrogens with one attached hydrogen (secondary N) is 1. The summed E-state index contributed by atoms with van der Waals surface area (Å²) in [6.45, 7) is 1.94. The molecular formula is C23H15Cl2NO3. The number of fused-ring (bicyclic) bond motifs is 1. The maximum Gasteiger partial charge on any atom is 0.257 e. The Morgan fingerprint density at radius 3 is 2.38 bits per heavy atom. The molecule has 1 heterocycles. The van der Waals surface area contributed by atoms with E-state index in [1.807, 2.05) is 25.1 Å². The molecule has 1 amide bonds. The molecule has 0 unspecified atom stereocenters. The molecule has 1 aromatic heterocycles. The highest BCUT2D eigenvalue weighted by molar-refractivity contribution is 6.37. The Balaban J connectivity index is 1.78. The lowest BCUT2D eigenvalue weighted by Gasteiger charge is -2.08. The Morgan fingerprint density at radius 1 is 0.931 bits per heavy atom. The van der Waals surface area contributed by atoms with Gasteiger partial charge in [0.15, 0.2) is 5.76 Å². The Morgan fingerprint density at radius 2 is 1.66 bits per heavy atom. The molecule has 4 aromatic rings. The van der Waals surface area contributed by atoms with Gasteiger partial charge in [-0.1, -0.05) is 65.2 Å². The quantitative estimate of drug-likeness (QED) is 0.379. The van der Waals surface area contributed by atoms with E-state index >= 15 is 0 Å². The summed E-state index contributed by atoms with van der Waals surface area (Å²) in [6, 6.07) is 18.9. The van der Waals surface area contributed by atoms with E-state index in [0.717, 1.165) is 5.56 Å². The molecule has 4 nitrogen and oxygen atoms in total. The van der Waals surface area contributed by atoms with Gasteiger partial charge in [0.1, 0.15) is 5.58 Å². The molecule has 0 aliphatic carbocycles. The van der Waals surface area contributed by atoms with Crippen molar-refractivity contribution in [1.82, 2.24) is 0 Å². The number of carbonyl (C=O) groups is 2. The maximum absolute atomic E-state index is 13.1. The molecule has 0 saturated heterocycles. The van der Waals surface area contributed by atoms with Gasteiger partial charge >= 0.3 is 0 Å². The van der Waals surface area contributed by atoms with E-state index in [1.165, 1.54) is 12.1 Å². The number of para-hydroxylation sites is 1. The standard InChI is InChI=1S/C23H15Cl2NO3/c1-13-6-8-14(9-7-13)21(27)22-20(17-4-2-3-5-19(17)29-22)26-23(28)16-11-10-15(24)12-18(16)25/h2-12H,1H3,(H,26,28). The van der Waals surface area contributed by atoms with Crippen molar-refractivity contribution < 1.29 is 14.0 Å². The fourth-order valence-corrected chi connectivity index (χ4v) is 3.51. The van der Waals surface area contributed by atoms with E-state index in [-0.39, 0.29) is 22.1 Å². The fourth-order valence-electron chi connectivity index (χ4n) is 3.02. The number of aryl methyl sites for hydroxylation is 1. The average Bonchev–Trinajstić information content (AvgIpc) is 3.06. The van der Waals surface area contributed by atoms with Gasteiger partial charge in [-0.25, -0.2) is 0 Å². The fraction of sp³-hybridized carbons (Fsp3) is 0.0435. The van der Waals surface area contributed by atoms with E-state index < -0.39 is 5.91 Å². The first kappa shape index (κ1) is 19.2. The molecule has 0 atom stereocenters. The SMILES string of the molecule is Cc1ccc(C(=O)c2oc3ccccc3c2NC(=O)c2ccc(Cl)cc2Cl)cc1. The van der Waals surface area contributed by atoms with Crippen LogP contribution in [0.2, 0.25) is 10.0 Å². The van der Waals surface area contributed by atoms with Crippen molar-refractivity contribution in [2.24, 2.45) is 0 Å². The van der Waals surface area contributed by atoms with Gasteiger partial charge < -0.3 is 9.73 Å². The second-order valence-corrected chi connectivity index (χ2v) is 7.42. The zero-order valence-corrected chi connectivity index (χ0v) is 16.8. The summed E-state index contributed by atoms with van der Waals surface area (Å²) in [4.78, 5) is 25.9. The van der Waals surface area contributed by atoms with Gasteiger partial charge in [0, 0.05) is 16.0 Å². The van der Waals surface area contributed by atoms with Crippen LogP contribution >= 0.6 is 23.2 Å². The van der Waals surface area contributed by atoms with Crippen LogP contribution in [0.3, 0.4) is 0 Å². The van der Waals surface area contributed by atoms with Crippen LogP contribution in [-0.2, 0) is 0 Å². The number of anilines is 1. The van der Waals surface area contributed by atoms with Crippen LogP contribution in [0.25, 0.3) is 11.0 Å². The van der Waals surface area contributed by atoms with Crippen molar-refractivity contribution in [3.63, 3.8) is 0 Å². The van der Waals surface area contributed by atoms with Crippen LogP contribution < -0.4 is 5.32 Å². The van der Waals surface area contributed by atoms with E-state index in [0.29, 0.717) is 27.2 Å². The highest BCUT2D eigenvalue weighted by Gasteiger charge is 2.24. The minimum absolute atomic E-state index is 0.0634.